The first kappa shape index (κ1) is 15.7. The average molecular weight is 328 g/mol. The molecule has 7 nitrogen and oxygen atoms in total. The van der Waals surface area contributed by atoms with Crippen molar-refractivity contribution < 1.29 is 13.2 Å². The standard InChI is InChI=1S/C12H16N4O3S2/c1-8(7-21(13,17)18)14-12-16-15-11(20-12)9-3-5-10(19-2)6-4-9/h3-6,8H,7H2,1-2H3,(H,14,16)(H2,13,17,18)/t8-/m1/s1. The molecule has 2 rings (SSSR count). The van der Waals surface area contributed by atoms with Gasteiger partial charge < -0.3 is 10.1 Å². The van der Waals surface area contributed by atoms with Gasteiger partial charge in [-0.2, -0.15) is 0 Å². The number of sulfonamides is 1. The molecule has 0 bridgehead atoms. The van der Waals surface area contributed by atoms with Crippen LogP contribution in [0.1, 0.15) is 6.92 Å². The zero-order chi connectivity index (χ0) is 15.5. The molecule has 0 saturated heterocycles. The van der Waals surface area contributed by atoms with E-state index in [-0.39, 0.29) is 11.8 Å². The van der Waals surface area contributed by atoms with Gasteiger partial charge in [-0.05, 0) is 31.2 Å². The highest BCUT2D eigenvalue weighted by Gasteiger charge is 2.13. The minimum atomic E-state index is -3.52. The molecule has 0 aliphatic carbocycles. The molecular formula is C12H16N4O3S2. The highest BCUT2D eigenvalue weighted by molar-refractivity contribution is 7.89. The third kappa shape index (κ3) is 4.66. The molecule has 0 amide bonds. The summed E-state index contributed by atoms with van der Waals surface area (Å²) in [5, 5.41) is 17.3. The lowest BCUT2D eigenvalue weighted by Gasteiger charge is -2.09. The minimum absolute atomic E-state index is 0.162. The summed E-state index contributed by atoms with van der Waals surface area (Å²) in [6.45, 7) is 1.72. The predicted octanol–water partition coefficient (Wildman–Crippen LogP) is 1.30. The second-order valence-corrected chi connectivity index (χ2v) is 7.15. The van der Waals surface area contributed by atoms with Gasteiger partial charge in [-0.1, -0.05) is 11.3 Å². The lowest BCUT2D eigenvalue weighted by Crippen LogP contribution is -2.29. The largest absolute Gasteiger partial charge is 0.497 e. The van der Waals surface area contributed by atoms with E-state index in [0.717, 1.165) is 16.3 Å². The Labute approximate surface area is 127 Å². The van der Waals surface area contributed by atoms with Crippen LogP contribution in [-0.2, 0) is 10.0 Å². The van der Waals surface area contributed by atoms with Gasteiger partial charge >= 0.3 is 0 Å². The predicted molar refractivity (Wildman–Crippen MR) is 83.0 cm³/mol. The molecule has 1 aromatic heterocycles. The lowest BCUT2D eigenvalue weighted by molar-refractivity contribution is 0.415. The number of nitrogens with zero attached hydrogens (tertiary/aromatic N) is 2. The molecule has 21 heavy (non-hydrogen) atoms. The molecule has 0 saturated carbocycles. The Bertz CT molecular complexity index is 698. The number of benzene rings is 1. The van der Waals surface area contributed by atoms with E-state index in [0.29, 0.717) is 5.13 Å². The van der Waals surface area contributed by atoms with Crippen LogP contribution >= 0.6 is 11.3 Å². The van der Waals surface area contributed by atoms with Crippen LogP contribution in [0, 0.1) is 0 Å². The van der Waals surface area contributed by atoms with E-state index in [2.05, 4.69) is 15.5 Å². The van der Waals surface area contributed by atoms with Gasteiger partial charge in [0.1, 0.15) is 10.8 Å². The van der Waals surface area contributed by atoms with Crippen molar-refractivity contribution in [1.29, 1.82) is 0 Å². The smallest absolute Gasteiger partial charge is 0.211 e. The average Bonchev–Trinajstić information content (AvgIpc) is 2.85. The van der Waals surface area contributed by atoms with Crippen molar-refractivity contribution in [3.8, 4) is 16.3 Å². The molecule has 1 atom stereocenters. The summed E-state index contributed by atoms with van der Waals surface area (Å²) >= 11 is 1.34. The maximum atomic E-state index is 11.0. The molecule has 2 aromatic rings. The molecule has 0 unspecified atom stereocenters. The van der Waals surface area contributed by atoms with Gasteiger partial charge in [0, 0.05) is 11.6 Å². The van der Waals surface area contributed by atoms with Gasteiger partial charge in [0.15, 0.2) is 0 Å². The van der Waals surface area contributed by atoms with Gasteiger partial charge in [0.2, 0.25) is 15.2 Å². The SMILES string of the molecule is COc1ccc(-c2nnc(N[C@H](C)CS(N)(=O)=O)s2)cc1. The fourth-order valence-corrected chi connectivity index (χ4v) is 3.37. The summed E-state index contributed by atoms with van der Waals surface area (Å²) in [5.74, 6) is 0.605. The highest BCUT2D eigenvalue weighted by Crippen LogP contribution is 2.28. The molecule has 1 aromatic carbocycles. The first-order valence-electron chi connectivity index (χ1n) is 6.12. The fourth-order valence-electron chi connectivity index (χ4n) is 1.73. The first-order chi connectivity index (χ1) is 9.87. The first-order valence-corrected chi connectivity index (χ1v) is 8.65. The number of anilines is 1. The summed E-state index contributed by atoms with van der Waals surface area (Å²) in [7, 11) is -1.91. The molecule has 0 aliphatic heterocycles. The van der Waals surface area contributed by atoms with Crippen LogP contribution in [0.5, 0.6) is 5.75 Å². The third-order valence-corrected chi connectivity index (χ3v) is 4.48. The molecule has 0 fully saturated rings. The van der Waals surface area contributed by atoms with Crippen LogP contribution in [0.15, 0.2) is 24.3 Å². The molecule has 9 heteroatoms. The van der Waals surface area contributed by atoms with E-state index in [1.165, 1.54) is 11.3 Å². The number of ether oxygens (including phenoxy) is 1. The van der Waals surface area contributed by atoms with Crippen LogP contribution in [0.4, 0.5) is 5.13 Å². The summed E-state index contributed by atoms with van der Waals surface area (Å²) < 4.78 is 27.1. The number of nitrogens with one attached hydrogen (secondary N) is 1. The molecule has 0 aliphatic rings. The summed E-state index contributed by atoms with van der Waals surface area (Å²) in [6.07, 6.45) is 0. The monoisotopic (exact) mass is 328 g/mol. The Morgan fingerprint density at radius 3 is 2.57 bits per heavy atom. The Hall–Kier alpha value is -1.71. The van der Waals surface area contributed by atoms with Gasteiger partial charge in [0.05, 0.1) is 12.9 Å². The van der Waals surface area contributed by atoms with Crippen molar-refractivity contribution in [3.05, 3.63) is 24.3 Å². The number of hydrogen-bond acceptors (Lipinski definition) is 7. The van der Waals surface area contributed by atoms with E-state index < -0.39 is 10.0 Å². The minimum Gasteiger partial charge on any atom is -0.497 e. The molecule has 3 N–H and O–H groups in total. The van der Waals surface area contributed by atoms with Crippen LogP contribution < -0.4 is 15.2 Å². The maximum Gasteiger partial charge on any atom is 0.211 e. The zero-order valence-electron chi connectivity index (χ0n) is 11.6. The van der Waals surface area contributed by atoms with Crippen LogP contribution in [0.2, 0.25) is 0 Å². The van der Waals surface area contributed by atoms with Crippen molar-refractivity contribution in [3.63, 3.8) is 0 Å². The van der Waals surface area contributed by atoms with Crippen molar-refractivity contribution in [2.75, 3.05) is 18.2 Å². The molecule has 1 heterocycles. The molecule has 0 spiro atoms. The van der Waals surface area contributed by atoms with E-state index in [1.54, 1.807) is 14.0 Å². The molecular weight excluding hydrogens is 312 g/mol. The van der Waals surface area contributed by atoms with Gasteiger partial charge in [-0.15, -0.1) is 10.2 Å². The zero-order valence-corrected chi connectivity index (χ0v) is 13.2. The fraction of sp³-hybridized carbons (Fsp3) is 0.333. The lowest BCUT2D eigenvalue weighted by atomic mass is 10.2. The van der Waals surface area contributed by atoms with Crippen molar-refractivity contribution in [2.45, 2.75) is 13.0 Å². The number of hydrogen-bond donors (Lipinski definition) is 2. The quantitative estimate of drug-likeness (QED) is 0.827. The second kappa shape index (κ2) is 6.37. The number of methoxy groups -OCH3 is 1. The van der Waals surface area contributed by atoms with E-state index in [1.807, 2.05) is 24.3 Å². The van der Waals surface area contributed by atoms with Gasteiger partial charge in [-0.25, -0.2) is 13.6 Å². The summed E-state index contributed by atoms with van der Waals surface area (Å²) in [5.41, 5.74) is 0.917. The van der Waals surface area contributed by atoms with Gasteiger partial charge in [0.25, 0.3) is 0 Å². The van der Waals surface area contributed by atoms with Crippen LogP contribution in [0.25, 0.3) is 10.6 Å². The Morgan fingerprint density at radius 2 is 2.00 bits per heavy atom. The second-order valence-electron chi connectivity index (χ2n) is 4.52. The summed E-state index contributed by atoms with van der Waals surface area (Å²) in [4.78, 5) is 0. The van der Waals surface area contributed by atoms with E-state index >= 15 is 0 Å². The number of aromatic nitrogens is 2. The van der Waals surface area contributed by atoms with Crippen LogP contribution in [0.3, 0.4) is 0 Å². The van der Waals surface area contributed by atoms with Crippen molar-refractivity contribution >= 4 is 26.5 Å². The van der Waals surface area contributed by atoms with E-state index in [9.17, 15) is 8.42 Å². The van der Waals surface area contributed by atoms with E-state index in [4.69, 9.17) is 9.88 Å². The maximum absolute atomic E-state index is 11.0. The van der Waals surface area contributed by atoms with Crippen molar-refractivity contribution in [1.82, 2.24) is 10.2 Å². The highest BCUT2D eigenvalue weighted by atomic mass is 32.2. The third-order valence-electron chi connectivity index (χ3n) is 2.61. The number of primary sulfonamides is 1. The molecule has 114 valence electrons. The summed E-state index contributed by atoms with van der Waals surface area (Å²) in [6, 6.07) is 7.12. The van der Waals surface area contributed by atoms with Gasteiger partial charge in [-0.3, -0.25) is 0 Å². The Balaban J connectivity index is 2.07. The Morgan fingerprint density at radius 1 is 1.33 bits per heavy atom. The molecule has 0 radical (unpaired) electrons. The normalized spacial score (nSPS) is 12.9. The topological polar surface area (TPSA) is 107 Å². The van der Waals surface area contributed by atoms with Crippen LogP contribution in [-0.4, -0.2) is 37.5 Å². The number of rotatable bonds is 6. The van der Waals surface area contributed by atoms with Crippen molar-refractivity contribution in [2.24, 2.45) is 5.14 Å². The Kier molecular flexibility index (Phi) is 4.76. The number of nitrogens with two attached hydrogens (primary N) is 1.